The van der Waals surface area contributed by atoms with Gasteiger partial charge < -0.3 is 9.84 Å². The zero-order chi connectivity index (χ0) is 13.7. The van der Waals surface area contributed by atoms with Crippen LogP contribution in [0.1, 0.15) is 25.6 Å². The summed E-state index contributed by atoms with van der Waals surface area (Å²) in [6.45, 7) is 7.54. The smallest absolute Gasteiger partial charge is 0.223 e. The summed E-state index contributed by atoms with van der Waals surface area (Å²) in [5, 5.41) is 19.5. The van der Waals surface area contributed by atoms with Crippen LogP contribution in [-0.4, -0.2) is 42.9 Å². The van der Waals surface area contributed by atoms with E-state index in [0.29, 0.717) is 23.5 Å². The third-order valence-corrected chi connectivity index (χ3v) is 3.23. The van der Waals surface area contributed by atoms with E-state index in [0.717, 1.165) is 18.2 Å². The molecule has 104 valence electrons. The minimum atomic E-state index is 0.454. The number of hydrogen-bond donors (Lipinski definition) is 1. The van der Waals surface area contributed by atoms with Crippen LogP contribution in [0.5, 0.6) is 0 Å². The SMILES string of the molecule is Cc1nc(CSc2nnnn2CCNC(C)C)no1. The van der Waals surface area contributed by atoms with E-state index in [1.807, 2.05) is 0 Å². The van der Waals surface area contributed by atoms with Gasteiger partial charge in [0.2, 0.25) is 11.0 Å². The lowest BCUT2D eigenvalue weighted by molar-refractivity contribution is 0.389. The average Bonchev–Trinajstić information content (AvgIpc) is 2.95. The number of thioether (sulfide) groups is 1. The quantitative estimate of drug-likeness (QED) is 0.740. The summed E-state index contributed by atoms with van der Waals surface area (Å²) < 4.78 is 6.68. The molecule has 0 saturated carbocycles. The molecule has 0 amide bonds. The zero-order valence-corrected chi connectivity index (χ0v) is 12.0. The number of nitrogens with one attached hydrogen (secondary N) is 1. The van der Waals surface area contributed by atoms with E-state index in [1.54, 1.807) is 11.6 Å². The highest BCUT2D eigenvalue weighted by Gasteiger charge is 2.09. The molecule has 0 bridgehead atoms. The molecule has 0 fully saturated rings. The van der Waals surface area contributed by atoms with Crippen LogP contribution in [-0.2, 0) is 12.3 Å². The van der Waals surface area contributed by atoms with E-state index in [4.69, 9.17) is 4.52 Å². The first-order valence-corrected chi connectivity index (χ1v) is 7.05. The van der Waals surface area contributed by atoms with Crippen molar-refractivity contribution in [1.82, 2.24) is 35.7 Å². The summed E-state index contributed by atoms with van der Waals surface area (Å²) in [5.41, 5.74) is 0. The van der Waals surface area contributed by atoms with Crippen molar-refractivity contribution in [2.45, 2.75) is 44.3 Å². The maximum Gasteiger partial charge on any atom is 0.223 e. The van der Waals surface area contributed by atoms with Crippen LogP contribution in [0.15, 0.2) is 9.68 Å². The summed E-state index contributed by atoms with van der Waals surface area (Å²) in [6.07, 6.45) is 0. The van der Waals surface area contributed by atoms with Crippen LogP contribution in [0.3, 0.4) is 0 Å². The fourth-order valence-corrected chi connectivity index (χ4v) is 2.17. The van der Waals surface area contributed by atoms with Gasteiger partial charge in [-0.1, -0.05) is 30.8 Å². The van der Waals surface area contributed by atoms with Crippen molar-refractivity contribution in [3.8, 4) is 0 Å². The molecule has 2 aromatic heterocycles. The van der Waals surface area contributed by atoms with Crippen LogP contribution in [0, 0.1) is 6.92 Å². The highest BCUT2D eigenvalue weighted by Crippen LogP contribution is 2.17. The molecule has 0 saturated heterocycles. The van der Waals surface area contributed by atoms with Crippen LogP contribution in [0.2, 0.25) is 0 Å². The summed E-state index contributed by atoms with van der Waals surface area (Å²) in [5.74, 6) is 1.81. The van der Waals surface area contributed by atoms with Gasteiger partial charge in [-0.05, 0) is 10.4 Å². The van der Waals surface area contributed by atoms with E-state index in [-0.39, 0.29) is 0 Å². The maximum atomic E-state index is 4.91. The Kier molecular flexibility index (Phi) is 4.86. The molecule has 2 aromatic rings. The molecule has 0 aliphatic rings. The molecule has 0 atom stereocenters. The van der Waals surface area contributed by atoms with Crippen molar-refractivity contribution in [2.75, 3.05) is 6.54 Å². The highest BCUT2D eigenvalue weighted by molar-refractivity contribution is 7.98. The molecular weight excluding hydrogens is 266 g/mol. The average molecular weight is 283 g/mol. The normalized spacial score (nSPS) is 11.4. The molecule has 0 aliphatic heterocycles. The van der Waals surface area contributed by atoms with Crippen molar-refractivity contribution < 1.29 is 4.52 Å². The number of nitrogens with zero attached hydrogens (tertiary/aromatic N) is 6. The Hall–Kier alpha value is -1.48. The molecule has 0 radical (unpaired) electrons. The van der Waals surface area contributed by atoms with Crippen LogP contribution in [0.4, 0.5) is 0 Å². The van der Waals surface area contributed by atoms with Gasteiger partial charge >= 0.3 is 0 Å². The topological polar surface area (TPSA) is 94.5 Å². The Balaban J connectivity index is 1.85. The standard InChI is InChI=1S/C10H17N7OS/c1-7(2)11-4-5-17-10(13-15-16-17)19-6-9-12-8(3)18-14-9/h7,11H,4-6H2,1-3H3. The summed E-state index contributed by atoms with van der Waals surface area (Å²) >= 11 is 1.49. The monoisotopic (exact) mass is 283 g/mol. The Morgan fingerprint density at radius 3 is 2.95 bits per heavy atom. The van der Waals surface area contributed by atoms with Crippen molar-refractivity contribution in [3.63, 3.8) is 0 Å². The van der Waals surface area contributed by atoms with Gasteiger partial charge in [0, 0.05) is 19.5 Å². The van der Waals surface area contributed by atoms with Crippen LogP contribution >= 0.6 is 11.8 Å². The number of tetrazole rings is 1. The molecule has 2 heterocycles. The molecule has 9 heteroatoms. The second-order valence-electron chi connectivity index (χ2n) is 4.31. The van der Waals surface area contributed by atoms with Crippen molar-refractivity contribution >= 4 is 11.8 Å². The molecule has 0 aromatic carbocycles. The van der Waals surface area contributed by atoms with Gasteiger partial charge in [0.25, 0.3) is 0 Å². The molecular formula is C10H17N7OS. The molecule has 0 spiro atoms. The first-order chi connectivity index (χ1) is 9.15. The Labute approximate surface area is 115 Å². The van der Waals surface area contributed by atoms with Gasteiger partial charge in [0.05, 0.1) is 12.3 Å². The van der Waals surface area contributed by atoms with Crippen LogP contribution < -0.4 is 5.32 Å². The maximum absolute atomic E-state index is 4.91. The summed E-state index contributed by atoms with van der Waals surface area (Å²) in [6, 6.07) is 0.454. The fourth-order valence-electron chi connectivity index (χ4n) is 1.43. The minimum absolute atomic E-state index is 0.454. The second kappa shape index (κ2) is 6.62. The van der Waals surface area contributed by atoms with Gasteiger partial charge in [-0.15, -0.1) is 5.10 Å². The predicted molar refractivity (Wildman–Crippen MR) is 69.6 cm³/mol. The molecule has 8 nitrogen and oxygen atoms in total. The predicted octanol–water partition coefficient (Wildman–Crippen LogP) is 0.655. The van der Waals surface area contributed by atoms with Gasteiger partial charge in [-0.25, -0.2) is 4.68 Å². The molecule has 0 unspecified atom stereocenters. The number of aromatic nitrogens is 6. The Morgan fingerprint density at radius 1 is 1.42 bits per heavy atom. The molecule has 0 aliphatic carbocycles. The Morgan fingerprint density at radius 2 is 2.26 bits per heavy atom. The summed E-state index contributed by atoms with van der Waals surface area (Å²) in [4.78, 5) is 4.14. The second-order valence-corrected chi connectivity index (χ2v) is 5.25. The van der Waals surface area contributed by atoms with E-state index in [9.17, 15) is 0 Å². The molecule has 19 heavy (non-hydrogen) atoms. The van der Waals surface area contributed by atoms with Gasteiger partial charge in [-0.3, -0.25) is 0 Å². The summed E-state index contributed by atoms with van der Waals surface area (Å²) in [7, 11) is 0. The van der Waals surface area contributed by atoms with E-state index >= 15 is 0 Å². The lowest BCUT2D eigenvalue weighted by Gasteiger charge is -2.08. The van der Waals surface area contributed by atoms with Gasteiger partial charge in [0.15, 0.2) is 5.82 Å². The fraction of sp³-hybridized carbons (Fsp3) is 0.700. The largest absolute Gasteiger partial charge is 0.340 e. The van der Waals surface area contributed by atoms with E-state index < -0.39 is 0 Å². The molecule has 2 rings (SSSR count). The lowest BCUT2D eigenvalue weighted by Crippen LogP contribution is -2.27. The van der Waals surface area contributed by atoms with E-state index in [1.165, 1.54) is 11.8 Å². The number of rotatable bonds is 7. The third kappa shape index (κ3) is 4.28. The number of aryl methyl sites for hydroxylation is 1. The first kappa shape index (κ1) is 13.9. The molecule has 1 N–H and O–H groups in total. The highest BCUT2D eigenvalue weighted by atomic mass is 32.2. The van der Waals surface area contributed by atoms with Gasteiger partial charge in [-0.2, -0.15) is 4.98 Å². The number of hydrogen-bond acceptors (Lipinski definition) is 8. The van der Waals surface area contributed by atoms with Gasteiger partial charge in [0.1, 0.15) is 0 Å². The van der Waals surface area contributed by atoms with E-state index in [2.05, 4.69) is 44.8 Å². The lowest BCUT2D eigenvalue weighted by atomic mass is 10.4. The van der Waals surface area contributed by atoms with Crippen molar-refractivity contribution in [3.05, 3.63) is 11.7 Å². The van der Waals surface area contributed by atoms with Crippen LogP contribution in [0.25, 0.3) is 0 Å². The Bertz CT molecular complexity index is 509. The first-order valence-electron chi connectivity index (χ1n) is 6.06. The van der Waals surface area contributed by atoms with Crippen molar-refractivity contribution in [2.24, 2.45) is 0 Å². The minimum Gasteiger partial charge on any atom is -0.340 e. The zero-order valence-electron chi connectivity index (χ0n) is 11.2. The van der Waals surface area contributed by atoms with Crippen molar-refractivity contribution in [1.29, 1.82) is 0 Å². The third-order valence-electron chi connectivity index (χ3n) is 2.28.